The first-order chi connectivity index (χ1) is 14.0. The second kappa shape index (κ2) is 7.45. The molecule has 1 aliphatic carbocycles. The molecule has 0 bridgehead atoms. The second-order valence-electron chi connectivity index (χ2n) is 8.75. The Hall–Kier alpha value is -1.83. The molecule has 0 aromatic carbocycles. The lowest BCUT2D eigenvalue weighted by Gasteiger charge is -2.45. The zero-order chi connectivity index (χ0) is 20.0. The summed E-state index contributed by atoms with van der Waals surface area (Å²) in [7, 11) is 1.96. The summed E-state index contributed by atoms with van der Waals surface area (Å²) in [6, 6.07) is 2.33. The van der Waals surface area contributed by atoms with E-state index < -0.39 is 0 Å². The van der Waals surface area contributed by atoms with Crippen LogP contribution in [0.3, 0.4) is 0 Å². The van der Waals surface area contributed by atoms with E-state index in [9.17, 15) is 0 Å². The Morgan fingerprint density at radius 1 is 1.24 bits per heavy atom. The molecule has 2 atom stereocenters. The van der Waals surface area contributed by atoms with Gasteiger partial charge in [0.1, 0.15) is 5.82 Å². The number of rotatable bonds is 3. The van der Waals surface area contributed by atoms with Crippen LogP contribution in [-0.2, 0) is 11.8 Å². The van der Waals surface area contributed by atoms with Gasteiger partial charge in [-0.25, -0.2) is 4.98 Å². The number of anilines is 1. The Labute approximate surface area is 178 Å². The minimum Gasteiger partial charge on any atom is -0.379 e. The van der Waals surface area contributed by atoms with Gasteiger partial charge in [0, 0.05) is 56.1 Å². The highest BCUT2D eigenvalue weighted by atomic mass is 32.1. The standard InChI is InChI=1S/C22H29N5OS/c1-22(26-7-9-28-10-8-26)5-3-16(4-6-22)17-11-19-20(18-13-24-25(2)14-18)15-27(29)21(19)23-12-17/h3,11-14,20,29H,4-10,15H2,1-2H3. The second-order valence-corrected chi connectivity index (χ2v) is 9.23. The number of ether oxygens (including phenoxy) is 1. The van der Waals surface area contributed by atoms with Crippen LogP contribution in [0.4, 0.5) is 5.82 Å². The molecule has 29 heavy (non-hydrogen) atoms. The van der Waals surface area contributed by atoms with Crippen molar-refractivity contribution < 1.29 is 4.74 Å². The molecule has 2 unspecified atom stereocenters. The van der Waals surface area contributed by atoms with E-state index in [1.54, 1.807) is 0 Å². The molecular weight excluding hydrogens is 382 g/mol. The van der Waals surface area contributed by atoms with E-state index in [1.807, 2.05) is 28.4 Å². The maximum atomic E-state index is 5.54. The van der Waals surface area contributed by atoms with Crippen LogP contribution in [0.1, 0.15) is 48.8 Å². The van der Waals surface area contributed by atoms with Gasteiger partial charge >= 0.3 is 0 Å². The third-order valence-electron chi connectivity index (χ3n) is 6.86. The van der Waals surface area contributed by atoms with Gasteiger partial charge in [0.2, 0.25) is 0 Å². The number of fused-ring (bicyclic) bond motifs is 1. The first kappa shape index (κ1) is 19.2. The quantitative estimate of drug-likeness (QED) is 0.786. The van der Waals surface area contributed by atoms with Crippen molar-refractivity contribution in [3.05, 3.63) is 47.4 Å². The highest BCUT2D eigenvalue weighted by molar-refractivity contribution is 7.81. The van der Waals surface area contributed by atoms with Gasteiger partial charge in [0.15, 0.2) is 0 Å². The molecule has 6 nitrogen and oxygen atoms in total. The molecule has 1 fully saturated rings. The number of hydrogen-bond donors (Lipinski definition) is 1. The lowest BCUT2D eigenvalue weighted by Crippen LogP contribution is -2.52. The minimum atomic E-state index is 0.248. The first-order valence-corrected chi connectivity index (χ1v) is 10.9. The molecule has 4 heterocycles. The van der Waals surface area contributed by atoms with Gasteiger partial charge in [0.05, 0.1) is 19.4 Å². The molecular formula is C22H29N5OS. The number of allylic oxidation sites excluding steroid dienone is 1. The molecule has 0 saturated carbocycles. The van der Waals surface area contributed by atoms with Crippen LogP contribution in [-0.4, -0.2) is 58.1 Å². The molecule has 0 N–H and O–H groups in total. The number of thiol groups is 1. The van der Waals surface area contributed by atoms with E-state index in [0.717, 1.165) is 51.5 Å². The largest absolute Gasteiger partial charge is 0.379 e. The number of aryl methyl sites for hydroxylation is 1. The third kappa shape index (κ3) is 3.49. The molecule has 2 aromatic rings. The highest BCUT2D eigenvalue weighted by Crippen LogP contribution is 2.42. The number of hydrogen-bond acceptors (Lipinski definition) is 6. The van der Waals surface area contributed by atoms with Crippen molar-refractivity contribution in [3.8, 4) is 0 Å². The first-order valence-electron chi connectivity index (χ1n) is 10.5. The summed E-state index contributed by atoms with van der Waals surface area (Å²) in [4.78, 5) is 7.39. The van der Waals surface area contributed by atoms with Crippen molar-refractivity contribution in [2.45, 2.75) is 37.6 Å². The van der Waals surface area contributed by atoms with Crippen LogP contribution in [0, 0.1) is 0 Å². The Morgan fingerprint density at radius 3 is 2.76 bits per heavy atom. The maximum Gasteiger partial charge on any atom is 0.142 e. The van der Waals surface area contributed by atoms with Crippen LogP contribution in [0.25, 0.3) is 5.57 Å². The van der Waals surface area contributed by atoms with Crippen LogP contribution in [0.5, 0.6) is 0 Å². The van der Waals surface area contributed by atoms with E-state index >= 15 is 0 Å². The van der Waals surface area contributed by atoms with Gasteiger partial charge in [-0.05, 0) is 49.0 Å². The molecule has 0 amide bonds. The SMILES string of the molecule is Cn1cc(C2CN(S)c3ncc(C4=CCC(C)(N5CCOCC5)CC4)cc32)cn1. The van der Waals surface area contributed by atoms with Crippen LogP contribution in [0.15, 0.2) is 30.7 Å². The van der Waals surface area contributed by atoms with Crippen molar-refractivity contribution in [3.63, 3.8) is 0 Å². The van der Waals surface area contributed by atoms with Gasteiger partial charge in [-0.1, -0.05) is 18.9 Å². The fourth-order valence-corrected chi connectivity index (χ4v) is 5.32. The lowest BCUT2D eigenvalue weighted by molar-refractivity contribution is -0.0190. The smallest absolute Gasteiger partial charge is 0.142 e. The Balaban J connectivity index is 1.40. The third-order valence-corrected chi connectivity index (χ3v) is 7.22. The van der Waals surface area contributed by atoms with Gasteiger partial charge in [-0.15, -0.1) is 0 Å². The Bertz CT molecular complexity index is 935. The average molecular weight is 412 g/mol. The van der Waals surface area contributed by atoms with Crippen molar-refractivity contribution in [2.24, 2.45) is 7.05 Å². The summed E-state index contributed by atoms with van der Waals surface area (Å²) in [5.41, 5.74) is 5.41. The molecule has 5 rings (SSSR count). The summed E-state index contributed by atoms with van der Waals surface area (Å²) in [6.45, 7) is 7.04. The number of nitrogens with zero attached hydrogens (tertiary/aromatic N) is 5. The number of aromatic nitrogens is 3. The summed E-state index contributed by atoms with van der Waals surface area (Å²) in [5, 5.41) is 4.36. The fraction of sp³-hybridized carbons (Fsp3) is 0.545. The van der Waals surface area contributed by atoms with E-state index in [0.29, 0.717) is 0 Å². The summed E-state index contributed by atoms with van der Waals surface area (Å²) in [5.74, 6) is 1.24. The van der Waals surface area contributed by atoms with Crippen molar-refractivity contribution >= 4 is 24.2 Å². The zero-order valence-corrected chi connectivity index (χ0v) is 18.1. The maximum absolute atomic E-state index is 5.54. The van der Waals surface area contributed by atoms with E-state index in [2.05, 4.69) is 48.1 Å². The summed E-state index contributed by atoms with van der Waals surface area (Å²) < 4.78 is 9.37. The van der Waals surface area contributed by atoms with Crippen molar-refractivity contribution in [1.82, 2.24) is 19.7 Å². The monoisotopic (exact) mass is 411 g/mol. The Morgan fingerprint density at radius 2 is 2.07 bits per heavy atom. The van der Waals surface area contributed by atoms with E-state index in [-0.39, 0.29) is 11.5 Å². The van der Waals surface area contributed by atoms with E-state index in [4.69, 9.17) is 9.72 Å². The molecule has 0 radical (unpaired) electrons. The van der Waals surface area contributed by atoms with E-state index in [1.165, 1.54) is 28.7 Å². The van der Waals surface area contributed by atoms with Gasteiger partial charge in [-0.3, -0.25) is 9.58 Å². The van der Waals surface area contributed by atoms with Crippen LogP contribution >= 0.6 is 12.8 Å². The number of pyridine rings is 1. The predicted molar refractivity (Wildman–Crippen MR) is 118 cm³/mol. The normalized spacial score (nSPS) is 27.8. The molecule has 154 valence electrons. The summed E-state index contributed by atoms with van der Waals surface area (Å²) in [6.07, 6.45) is 11.9. The van der Waals surface area contributed by atoms with Gasteiger partial charge in [-0.2, -0.15) is 5.10 Å². The van der Waals surface area contributed by atoms with Crippen molar-refractivity contribution in [1.29, 1.82) is 0 Å². The summed E-state index contributed by atoms with van der Waals surface area (Å²) >= 11 is 4.64. The topological polar surface area (TPSA) is 46.4 Å². The fourth-order valence-electron chi connectivity index (χ4n) is 4.99. The zero-order valence-electron chi connectivity index (χ0n) is 17.2. The minimum absolute atomic E-state index is 0.248. The molecule has 0 spiro atoms. The molecule has 1 saturated heterocycles. The Kier molecular flexibility index (Phi) is 4.92. The molecule has 3 aliphatic rings. The molecule has 2 aliphatic heterocycles. The molecule has 2 aromatic heterocycles. The predicted octanol–water partition coefficient (Wildman–Crippen LogP) is 3.27. The average Bonchev–Trinajstić information content (AvgIpc) is 3.32. The lowest BCUT2D eigenvalue weighted by atomic mass is 9.80. The molecule has 7 heteroatoms. The van der Waals surface area contributed by atoms with Gasteiger partial charge in [0.25, 0.3) is 0 Å². The van der Waals surface area contributed by atoms with Crippen LogP contribution in [0.2, 0.25) is 0 Å². The van der Waals surface area contributed by atoms with Crippen LogP contribution < -0.4 is 4.31 Å². The number of morpholine rings is 1. The highest BCUT2D eigenvalue weighted by Gasteiger charge is 2.35. The van der Waals surface area contributed by atoms with Gasteiger partial charge < -0.3 is 9.04 Å². The van der Waals surface area contributed by atoms with Crippen molar-refractivity contribution in [2.75, 3.05) is 37.2 Å².